The zero-order valence-electron chi connectivity index (χ0n) is 14.8. The summed E-state index contributed by atoms with van der Waals surface area (Å²) in [5.74, 6) is -1.97. The lowest BCUT2D eigenvalue weighted by molar-refractivity contribution is -0.120. The van der Waals surface area contributed by atoms with Crippen LogP contribution in [0, 0.1) is 0 Å². The summed E-state index contributed by atoms with van der Waals surface area (Å²) in [6.07, 6.45) is -0.0857. The van der Waals surface area contributed by atoms with E-state index in [-0.39, 0.29) is 29.7 Å². The molecule has 0 spiro atoms. The molecular formula is C19H17N3O5S. The standard InChI is InChI=1S/C19H17N3O5S/c1-10(23)20-12-3-2-4-13(8-12)21-17(24)9-16-18(25)22-14-6-5-11(19(26)27)7-15(14)28-16/h2-8,16H,9H2,1H3,(H,20,23)(H,21,24)(H,22,25)(H,26,27)/t16-/m1/s1. The highest BCUT2D eigenvalue weighted by atomic mass is 32.2. The van der Waals surface area contributed by atoms with Gasteiger partial charge in [-0.1, -0.05) is 6.07 Å². The Labute approximate surface area is 164 Å². The van der Waals surface area contributed by atoms with Crippen LogP contribution >= 0.6 is 11.8 Å². The van der Waals surface area contributed by atoms with Crippen molar-refractivity contribution in [3.63, 3.8) is 0 Å². The van der Waals surface area contributed by atoms with Gasteiger partial charge in [0.05, 0.1) is 16.5 Å². The number of hydrogen-bond acceptors (Lipinski definition) is 5. The van der Waals surface area contributed by atoms with E-state index in [1.54, 1.807) is 24.3 Å². The molecule has 3 rings (SSSR count). The van der Waals surface area contributed by atoms with E-state index in [0.717, 1.165) is 11.8 Å². The predicted molar refractivity (Wildman–Crippen MR) is 106 cm³/mol. The number of carboxylic acid groups (broad SMARTS) is 1. The molecule has 0 aliphatic carbocycles. The quantitative estimate of drug-likeness (QED) is 0.613. The minimum Gasteiger partial charge on any atom is -0.478 e. The summed E-state index contributed by atoms with van der Waals surface area (Å²) in [5.41, 5.74) is 1.68. The zero-order chi connectivity index (χ0) is 20.3. The number of carbonyl (C=O) groups excluding carboxylic acids is 3. The average Bonchev–Trinajstić information content (AvgIpc) is 2.61. The molecule has 0 unspecified atom stereocenters. The zero-order valence-corrected chi connectivity index (χ0v) is 15.6. The molecule has 0 aromatic heterocycles. The van der Waals surface area contributed by atoms with E-state index in [4.69, 9.17) is 5.11 Å². The number of rotatable bonds is 5. The van der Waals surface area contributed by atoms with Gasteiger partial charge in [0.15, 0.2) is 0 Å². The SMILES string of the molecule is CC(=O)Nc1cccc(NC(=O)C[C@H]2Sc3cc(C(=O)O)ccc3NC2=O)c1. The van der Waals surface area contributed by atoms with Crippen molar-refractivity contribution in [1.82, 2.24) is 0 Å². The maximum absolute atomic E-state index is 12.4. The average molecular weight is 399 g/mol. The van der Waals surface area contributed by atoms with Gasteiger partial charge in [-0.15, -0.1) is 11.8 Å². The van der Waals surface area contributed by atoms with Crippen molar-refractivity contribution in [2.75, 3.05) is 16.0 Å². The summed E-state index contributed by atoms with van der Waals surface area (Å²) in [7, 11) is 0. The summed E-state index contributed by atoms with van der Waals surface area (Å²) in [6, 6.07) is 11.1. The van der Waals surface area contributed by atoms with E-state index in [2.05, 4.69) is 16.0 Å². The summed E-state index contributed by atoms with van der Waals surface area (Å²) in [4.78, 5) is 47.5. The Hall–Kier alpha value is -3.33. The number of thioether (sulfide) groups is 1. The first kappa shape index (κ1) is 19.4. The Balaban J connectivity index is 1.67. The second-order valence-electron chi connectivity index (χ2n) is 6.13. The Morgan fingerprint density at radius 2 is 1.82 bits per heavy atom. The number of carbonyl (C=O) groups is 4. The summed E-state index contributed by atoms with van der Waals surface area (Å²) in [6.45, 7) is 1.39. The van der Waals surface area contributed by atoms with Crippen LogP contribution in [0.25, 0.3) is 0 Å². The summed E-state index contributed by atoms with van der Waals surface area (Å²) in [5, 5.41) is 16.4. The first-order valence-electron chi connectivity index (χ1n) is 8.34. The molecule has 0 bridgehead atoms. The Morgan fingerprint density at radius 3 is 2.50 bits per heavy atom. The van der Waals surface area contributed by atoms with Gasteiger partial charge in [0.25, 0.3) is 0 Å². The molecule has 1 aliphatic heterocycles. The lowest BCUT2D eigenvalue weighted by atomic mass is 10.2. The molecule has 1 aliphatic rings. The number of benzene rings is 2. The molecule has 3 amide bonds. The second-order valence-corrected chi connectivity index (χ2v) is 7.37. The van der Waals surface area contributed by atoms with Crippen LogP contribution in [0.1, 0.15) is 23.7 Å². The molecule has 28 heavy (non-hydrogen) atoms. The van der Waals surface area contributed by atoms with Gasteiger partial charge in [-0.25, -0.2) is 4.79 Å². The molecule has 0 saturated carbocycles. The van der Waals surface area contributed by atoms with Crippen molar-refractivity contribution in [1.29, 1.82) is 0 Å². The third kappa shape index (κ3) is 4.68. The molecule has 9 heteroatoms. The largest absolute Gasteiger partial charge is 0.478 e. The van der Waals surface area contributed by atoms with Gasteiger partial charge in [-0.05, 0) is 36.4 Å². The van der Waals surface area contributed by atoms with Gasteiger partial charge in [0.2, 0.25) is 17.7 Å². The number of nitrogens with one attached hydrogen (secondary N) is 3. The maximum Gasteiger partial charge on any atom is 0.335 e. The molecule has 1 atom stereocenters. The normalized spacial score (nSPS) is 15.2. The van der Waals surface area contributed by atoms with Crippen molar-refractivity contribution >= 4 is 52.5 Å². The molecule has 1 heterocycles. The third-order valence-electron chi connectivity index (χ3n) is 3.89. The van der Waals surface area contributed by atoms with Crippen molar-refractivity contribution in [2.24, 2.45) is 0 Å². The van der Waals surface area contributed by atoms with Crippen LogP contribution in [0.4, 0.5) is 17.1 Å². The maximum atomic E-state index is 12.4. The van der Waals surface area contributed by atoms with Crippen LogP contribution in [0.15, 0.2) is 47.4 Å². The minimum atomic E-state index is -1.06. The van der Waals surface area contributed by atoms with Crippen LogP contribution in [-0.4, -0.2) is 34.0 Å². The smallest absolute Gasteiger partial charge is 0.335 e. The summed E-state index contributed by atoms with van der Waals surface area (Å²) < 4.78 is 0. The molecule has 8 nitrogen and oxygen atoms in total. The Bertz CT molecular complexity index is 976. The number of fused-ring (bicyclic) bond motifs is 1. The van der Waals surface area contributed by atoms with E-state index in [0.29, 0.717) is 22.0 Å². The van der Waals surface area contributed by atoms with Gasteiger partial charge in [-0.2, -0.15) is 0 Å². The third-order valence-corrected chi connectivity index (χ3v) is 5.14. The lowest BCUT2D eigenvalue weighted by Crippen LogP contribution is -2.32. The molecule has 0 radical (unpaired) electrons. The van der Waals surface area contributed by atoms with Crippen LogP contribution in [0.2, 0.25) is 0 Å². The van der Waals surface area contributed by atoms with Gasteiger partial charge in [0.1, 0.15) is 0 Å². The highest BCUT2D eigenvalue weighted by molar-refractivity contribution is 8.01. The first-order chi connectivity index (χ1) is 13.3. The lowest BCUT2D eigenvalue weighted by Gasteiger charge is -2.24. The van der Waals surface area contributed by atoms with Gasteiger partial charge in [-0.3, -0.25) is 14.4 Å². The molecule has 2 aromatic carbocycles. The van der Waals surface area contributed by atoms with Crippen molar-refractivity contribution in [3.05, 3.63) is 48.0 Å². The van der Waals surface area contributed by atoms with E-state index < -0.39 is 11.2 Å². The topological polar surface area (TPSA) is 125 Å². The minimum absolute atomic E-state index is 0.0857. The van der Waals surface area contributed by atoms with Crippen LogP contribution in [0.3, 0.4) is 0 Å². The van der Waals surface area contributed by atoms with Crippen molar-refractivity contribution in [2.45, 2.75) is 23.5 Å². The monoisotopic (exact) mass is 399 g/mol. The molecule has 0 fully saturated rings. The van der Waals surface area contributed by atoms with E-state index in [1.807, 2.05) is 0 Å². The van der Waals surface area contributed by atoms with E-state index in [1.165, 1.54) is 25.1 Å². The Kier molecular flexibility index (Phi) is 5.65. The highest BCUT2D eigenvalue weighted by Gasteiger charge is 2.29. The van der Waals surface area contributed by atoms with Gasteiger partial charge < -0.3 is 21.1 Å². The van der Waals surface area contributed by atoms with Crippen molar-refractivity contribution < 1.29 is 24.3 Å². The fourth-order valence-electron chi connectivity index (χ4n) is 2.67. The molecule has 144 valence electrons. The number of aromatic carboxylic acids is 1. The molecule has 4 N–H and O–H groups in total. The molecule has 2 aromatic rings. The van der Waals surface area contributed by atoms with Crippen molar-refractivity contribution in [3.8, 4) is 0 Å². The fourth-order valence-corrected chi connectivity index (χ4v) is 3.82. The van der Waals surface area contributed by atoms with Crippen LogP contribution in [0.5, 0.6) is 0 Å². The molecular weight excluding hydrogens is 382 g/mol. The number of amides is 3. The van der Waals surface area contributed by atoms with Gasteiger partial charge in [0, 0.05) is 29.6 Å². The summed E-state index contributed by atoms with van der Waals surface area (Å²) >= 11 is 1.15. The van der Waals surface area contributed by atoms with Gasteiger partial charge >= 0.3 is 5.97 Å². The fraction of sp³-hybridized carbons (Fsp3) is 0.158. The van der Waals surface area contributed by atoms with E-state index >= 15 is 0 Å². The first-order valence-corrected chi connectivity index (χ1v) is 9.22. The van der Waals surface area contributed by atoms with Crippen LogP contribution < -0.4 is 16.0 Å². The highest BCUT2D eigenvalue weighted by Crippen LogP contribution is 2.37. The van der Waals surface area contributed by atoms with Crippen LogP contribution in [-0.2, 0) is 14.4 Å². The predicted octanol–water partition coefficient (Wildman–Crippen LogP) is 2.78. The number of hydrogen-bond donors (Lipinski definition) is 4. The molecule has 0 saturated heterocycles. The number of anilines is 3. The Morgan fingerprint density at radius 1 is 1.11 bits per heavy atom. The number of carboxylic acids is 1. The van der Waals surface area contributed by atoms with E-state index in [9.17, 15) is 19.2 Å². The second kappa shape index (κ2) is 8.13.